The SMILES string of the molecule is NCCCCC(=O)CO. The summed E-state index contributed by atoms with van der Waals surface area (Å²) < 4.78 is 0. The van der Waals surface area contributed by atoms with E-state index in [2.05, 4.69) is 0 Å². The monoisotopic (exact) mass is 131 g/mol. The molecule has 3 N–H and O–H groups in total. The highest BCUT2D eigenvalue weighted by Crippen LogP contribution is 1.93. The molecular formula is C6H13NO2. The van der Waals surface area contributed by atoms with E-state index in [1.807, 2.05) is 0 Å². The zero-order valence-electron chi connectivity index (χ0n) is 5.47. The summed E-state index contributed by atoms with van der Waals surface area (Å²) in [6.45, 7) is 0.295. The van der Waals surface area contributed by atoms with Crippen LogP contribution in [-0.4, -0.2) is 24.0 Å². The van der Waals surface area contributed by atoms with E-state index in [1.165, 1.54) is 0 Å². The first kappa shape index (κ1) is 8.59. The van der Waals surface area contributed by atoms with Crippen molar-refractivity contribution in [3.63, 3.8) is 0 Å². The Morgan fingerprint density at radius 2 is 2.11 bits per heavy atom. The van der Waals surface area contributed by atoms with Crippen molar-refractivity contribution in [2.75, 3.05) is 13.2 Å². The first-order valence-electron chi connectivity index (χ1n) is 3.14. The average Bonchev–Trinajstić information content (AvgIpc) is 1.89. The highest BCUT2D eigenvalue weighted by molar-refractivity contribution is 5.79. The maximum atomic E-state index is 10.4. The third-order valence-electron chi connectivity index (χ3n) is 1.09. The third kappa shape index (κ3) is 5.46. The van der Waals surface area contributed by atoms with Crippen molar-refractivity contribution in [3.05, 3.63) is 0 Å². The minimum Gasteiger partial charge on any atom is -0.389 e. The highest BCUT2D eigenvalue weighted by atomic mass is 16.3. The van der Waals surface area contributed by atoms with Crippen LogP contribution in [0.3, 0.4) is 0 Å². The van der Waals surface area contributed by atoms with Crippen LogP contribution < -0.4 is 5.73 Å². The predicted molar refractivity (Wildman–Crippen MR) is 35.0 cm³/mol. The van der Waals surface area contributed by atoms with Crippen molar-refractivity contribution in [1.82, 2.24) is 0 Å². The number of hydrogen-bond acceptors (Lipinski definition) is 3. The number of aliphatic hydroxyl groups excluding tert-OH is 1. The average molecular weight is 131 g/mol. The second-order valence-electron chi connectivity index (χ2n) is 1.94. The Bertz CT molecular complexity index is 83.1. The van der Waals surface area contributed by atoms with Gasteiger partial charge in [0.25, 0.3) is 0 Å². The van der Waals surface area contributed by atoms with E-state index in [4.69, 9.17) is 10.8 Å². The van der Waals surface area contributed by atoms with Gasteiger partial charge in [-0.3, -0.25) is 4.79 Å². The lowest BCUT2D eigenvalue weighted by Gasteiger charge is -1.93. The lowest BCUT2D eigenvalue weighted by molar-refractivity contribution is -0.121. The second-order valence-corrected chi connectivity index (χ2v) is 1.94. The molecule has 0 rings (SSSR count). The van der Waals surface area contributed by atoms with Gasteiger partial charge in [0.15, 0.2) is 5.78 Å². The number of aliphatic hydroxyl groups is 1. The summed E-state index contributed by atoms with van der Waals surface area (Å²) in [4.78, 5) is 10.4. The quantitative estimate of drug-likeness (QED) is 0.502. The van der Waals surface area contributed by atoms with Crippen LogP contribution in [0.25, 0.3) is 0 Å². The molecule has 0 saturated carbocycles. The number of nitrogens with two attached hydrogens (primary N) is 1. The molecule has 3 heteroatoms. The van der Waals surface area contributed by atoms with E-state index < -0.39 is 0 Å². The van der Waals surface area contributed by atoms with Gasteiger partial charge in [0.2, 0.25) is 0 Å². The topological polar surface area (TPSA) is 63.3 Å². The molecule has 0 aliphatic heterocycles. The first-order valence-corrected chi connectivity index (χ1v) is 3.14. The smallest absolute Gasteiger partial charge is 0.158 e. The number of Topliss-reactive ketones (excluding diaryl/α,β-unsaturated/α-hetero) is 1. The molecule has 0 saturated heterocycles. The Kier molecular flexibility index (Phi) is 5.46. The van der Waals surface area contributed by atoms with Gasteiger partial charge in [-0.15, -0.1) is 0 Å². The summed E-state index contributed by atoms with van der Waals surface area (Å²) in [5, 5.41) is 8.25. The van der Waals surface area contributed by atoms with Gasteiger partial charge in [-0.2, -0.15) is 0 Å². The van der Waals surface area contributed by atoms with E-state index in [-0.39, 0.29) is 12.4 Å². The van der Waals surface area contributed by atoms with Crippen molar-refractivity contribution in [1.29, 1.82) is 0 Å². The Labute approximate surface area is 54.9 Å². The first-order chi connectivity index (χ1) is 4.31. The molecule has 0 bridgehead atoms. The highest BCUT2D eigenvalue weighted by Gasteiger charge is 1.96. The molecule has 0 unspecified atom stereocenters. The molecule has 0 aliphatic carbocycles. The van der Waals surface area contributed by atoms with Gasteiger partial charge >= 0.3 is 0 Å². The molecule has 0 fully saturated rings. The van der Waals surface area contributed by atoms with E-state index in [9.17, 15) is 4.79 Å². The van der Waals surface area contributed by atoms with E-state index in [0.29, 0.717) is 13.0 Å². The summed E-state index contributed by atoms with van der Waals surface area (Å²) in [6, 6.07) is 0. The van der Waals surface area contributed by atoms with Crippen LogP contribution in [0.4, 0.5) is 0 Å². The van der Waals surface area contributed by atoms with Crippen molar-refractivity contribution in [2.45, 2.75) is 19.3 Å². The molecule has 3 nitrogen and oxygen atoms in total. The second kappa shape index (κ2) is 5.72. The molecule has 0 spiro atoms. The maximum Gasteiger partial charge on any atom is 0.158 e. The normalized spacial score (nSPS) is 9.56. The molecule has 0 heterocycles. The molecule has 0 aliphatic rings. The van der Waals surface area contributed by atoms with Gasteiger partial charge in [0.1, 0.15) is 6.61 Å². The van der Waals surface area contributed by atoms with Gasteiger partial charge in [0.05, 0.1) is 0 Å². The molecule has 0 radical (unpaired) electrons. The fraction of sp³-hybridized carbons (Fsp3) is 0.833. The zero-order chi connectivity index (χ0) is 7.11. The Hall–Kier alpha value is -0.410. The van der Waals surface area contributed by atoms with Gasteiger partial charge in [-0.1, -0.05) is 0 Å². The Morgan fingerprint density at radius 1 is 1.44 bits per heavy atom. The van der Waals surface area contributed by atoms with Gasteiger partial charge in [0, 0.05) is 6.42 Å². The number of unbranched alkanes of at least 4 members (excludes halogenated alkanes) is 1. The van der Waals surface area contributed by atoms with Gasteiger partial charge in [-0.05, 0) is 19.4 Å². The Morgan fingerprint density at radius 3 is 2.56 bits per heavy atom. The van der Waals surface area contributed by atoms with Crippen LogP contribution in [0.1, 0.15) is 19.3 Å². The van der Waals surface area contributed by atoms with Gasteiger partial charge in [-0.25, -0.2) is 0 Å². The largest absolute Gasteiger partial charge is 0.389 e. The molecule has 0 aromatic rings. The lowest BCUT2D eigenvalue weighted by atomic mass is 10.2. The van der Waals surface area contributed by atoms with Crippen LogP contribution in [0.5, 0.6) is 0 Å². The van der Waals surface area contributed by atoms with Crippen LogP contribution in [-0.2, 0) is 4.79 Å². The van der Waals surface area contributed by atoms with Gasteiger partial charge < -0.3 is 10.8 Å². The van der Waals surface area contributed by atoms with Crippen molar-refractivity contribution in [2.24, 2.45) is 5.73 Å². The van der Waals surface area contributed by atoms with Crippen molar-refractivity contribution < 1.29 is 9.90 Å². The van der Waals surface area contributed by atoms with Crippen LogP contribution in [0.2, 0.25) is 0 Å². The standard InChI is InChI=1S/C6H13NO2/c7-4-2-1-3-6(9)5-8/h8H,1-5,7H2. The summed E-state index contributed by atoms with van der Waals surface area (Å²) in [6.07, 6.45) is 2.13. The fourth-order valence-electron chi connectivity index (χ4n) is 0.546. The van der Waals surface area contributed by atoms with E-state index in [0.717, 1.165) is 12.8 Å². The number of carbonyl (C=O) groups is 1. The molecule has 0 atom stereocenters. The number of ketones is 1. The number of rotatable bonds is 5. The van der Waals surface area contributed by atoms with Crippen molar-refractivity contribution in [3.8, 4) is 0 Å². The predicted octanol–water partition coefficient (Wildman–Crippen LogP) is -0.323. The number of carbonyl (C=O) groups excluding carboxylic acids is 1. The summed E-state index contributed by atoms with van der Waals surface area (Å²) in [7, 11) is 0. The molecule has 9 heavy (non-hydrogen) atoms. The summed E-state index contributed by atoms with van der Waals surface area (Å²) in [5.41, 5.74) is 5.18. The van der Waals surface area contributed by atoms with Crippen LogP contribution in [0.15, 0.2) is 0 Å². The fourth-order valence-corrected chi connectivity index (χ4v) is 0.546. The Balaban J connectivity index is 2.97. The number of hydrogen-bond donors (Lipinski definition) is 2. The maximum absolute atomic E-state index is 10.4. The van der Waals surface area contributed by atoms with Crippen LogP contribution >= 0.6 is 0 Å². The molecule has 0 amide bonds. The zero-order valence-corrected chi connectivity index (χ0v) is 5.47. The van der Waals surface area contributed by atoms with E-state index in [1.54, 1.807) is 0 Å². The minimum atomic E-state index is -0.329. The summed E-state index contributed by atoms with van der Waals surface area (Å²) >= 11 is 0. The minimum absolute atomic E-state index is 0.0940. The molecule has 54 valence electrons. The van der Waals surface area contributed by atoms with Crippen molar-refractivity contribution >= 4 is 5.78 Å². The molecule has 0 aromatic carbocycles. The van der Waals surface area contributed by atoms with E-state index >= 15 is 0 Å². The molecular weight excluding hydrogens is 118 g/mol. The lowest BCUT2D eigenvalue weighted by Crippen LogP contribution is -2.05. The molecule has 0 aromatic heterocycles. The summed E-state index contributed by atoms with van der Waals surface area (Å²) in [5.74, 6) is -0.0940. The van der Waals surface area contributed by atoms with Crippen LogP contribution in [0, 0.1) is 0 Å². The third-order valence-corrected chi connectivity index (χ3v) is 1.09.